The molecule has 0 radical (unpaired) electrons. The van der Waals surface area contributed by atoms with Crippen LogP contribution in [0.3, 0.4) is 0 Å². The Hall–Kier alpha value is -0.910. The normalized spacial score (nSPS) is 13.7. The first-order chi connectivity index (χ1) is 6.43. The van der Waals surface area contributed by atoms with Crippen molar-refractivity contribution in [3.8, 4) is 11.5 Å². The molecule has 1 atom stereocenters. The van der Waals surface area contributed by atoms with Gasteiger partial charge < -0.3 is 9.84 Å². The SMILES string of the molecule is Oc1ccccc1OC(F)(F)C(F)Br. The summed E-state index contributed by atoms with van der Waals surface area (Å²) in [5.41, 5.74) is 0. The molecule has 0 aliphatic rings. The van der Waals surface area contributed by atoms with Gasteiger partial charge in [0.05, 0.1) is 0 Å². The van der Waals surface area contributed by atoms with Crippen molar-refractivity contribution in [3.05, 3.63) is 24.3 Å². The Balaban J connectivity index is 2.84. The van der Waals surface area contributed by atoms with Crippen LogP contribution in [0.15, 0.2) is 24.3 Å². The summed E-state index contributed by atoms with van der Waals surface area (Å²) in [6, 6.07) is 5.08. The molecule has 14 heavy (non-hydrogen) atoms. The van der Waals surface area contributed by atoms with E-state index in [1.54, 1.807) is 0 Å². The largest absolute Gasteiger partial charge is 0.504 e. The van der Waals surface area contributed by atoms with E-state index in [0.717, 1.165) is 12.1 Å². The number of alkyl halides is 4. The molecular formula is C8H6BrF3O2. The Morgan fingerprint density at radius 2 is 1.93 bits per heavy atom. The predicted octanol–water partition coefficient (Wildman–Crippen LogP) is 3.05. The average Bonchev–Trinajstić information content (AvgIpc) is 2.08. The van der Waals surface area contributed by atoms with Gasteiger partial charge in [0.1, 0.15) is 0 Å². The second kappa shape index (κ2) is 4.08. The number of ether oxygens (including phenoxy) is 1. The highest BCUT2D eigenvalue weighted by atomic mass is 79.9. The lowest BCUT2D eigenvalue weighted by atomic mass is 10.3. The van der Waals surface area contributed by atoms with Gasteiger partial charge in [0.2, 0.25) is 0 Å². The summed E-state index contributed by atoms with van der Waals surface area (Å²) in [6.45, 7) is 0. The third kappa shape index (κ3) is 2.54. The molecule has 1 aromatic rings. The molecule has 0 amide bonds. The number of rotatable bonds is 3. The summed E-state index contributed by atoms with van der Waals surface area (Å²) in [7, 11) is 0. The molecule has 0 spiro atoms. The molecule has 0 saturated heterocycles. The third-order valence-corrected chi connectivity index (χ3v) is 1.90. The van der Waals surface area contributed by atoms with Gasteiger partial charge in [-0.05, 0) is 28.1 Å². The molecule has 1 unspecified atom stereocenters. The molecule has 0 aliphatic carbocycles. The van der Waals surface area contributed by atoms with Gasteiger partial charge in [0.25, 0.3) is 5.08 Å². The van der Waals surface area contributed by atoms with Crippen LogP contribution in [0.1, 0.15) is 0 Å². The van der Waals surface area contributed by atoms with Crippen molar-refractivity contribution >= 4 is 15.9 Å². The molecule has 1 aromatic carbocycles. The molecule has 1 N–H and O–H groups in total. The zero-order chi connectivity index (χ0) is 10.8. The fourth-order valence-corrected chi connectivity index (χ4v) is 0.828. The van der Waals surface area contributed by atoms with E-state index in [9.17, 15) is 13.2 Å². The van der Waals surface area contributed by atoms with Crippen LogP contribution in [0.2, 0.25) is 0 Å². The lowest BCUT2D eigenvalue weighted by molar-refractivity contribution is -0.195. The minimum absolute atomic E-state index is 0.472. The number of aromatic hydroxyl groups is 1. The minimum atomic E-state index is -4.02. The van der Waals surface area contributed by atoms with Crippen LogP contribution in [0.25, 0.3) is 0 Å². The first kappa shape index (κ1) is 11.2. The predicted molar refractivity (Wildman–Crippen MR) is 47.5 cm³/mol. The third-order valence-electron chi connectivity index (χ3n) is 1.37. The molecule has 6 heteroatoms. The number of halogens is 4. The van der Waals surface area contributed by atoms with Crippen molar-refractivity contribution in [2.24, 2.45) is 0 Å². The smallest absolute Gasteiger partial charge is 0.440 e. The molecule has 0 bridgehead atoms. The minimum Gasteiger partial charge on any atom is -0.504 e. The number of hydrogen-bond acceptors (Lipinski definition) is 2. The standard InChI is InChI=1S/C8H6BrF3O2/c9-7(10)8(11,12)14-6-4-2-1-3-5(6)13/h1-4,7,13H. The Morgan fingerprint density at radius 1 is 1.36 bits per heavy atom. The number of benzene rings is 1. The van der Waals surface area contributed by atoms with E-state index >= 15 is 0 Å². The molecule has 78 valence electrons. The van der Waals surface area contributed by atoms with Gasteiger partial charge in [-0.3, -0.25) is 0 Å². The Kier molecular flexibility index (Phi) is 3.25. The van der Waals surface area contributed by atoms with Crippen molar-refractivity contribution in [3.63, 3.8) is 0 Å². The second-order valence-corrected chi connectivity index (χ2v) is 3.24. The number of para-hydroxylation sites is 2. The molecule has 0 heterocycles. The van der Waals surface area contributed by atoms with Gasteiger partial charge in [-0.2, -0.15) is 8.78 Å². The molecule has 1 rings (SSSR count). The van der Waals surface area contributed by atoms with E-state index in [0.29, 0.717) is 0 Å². The van der Waals surface area contributed by atoms with Gasteiger partial charge >= 0.3 is 6.11 Å². The summed E-state index contributed by atoms with van der Waals surface area (Å²) in [5, 5.41) is 6.43. The van der Waals surface area contributed by atoms with Crippen molar-refractivity contribution in [1.82, 2.24) is 0 Å². The average molecular weight is 271 g/mol. The zero-order valence-corrected chi connectivity index (χ0v) is 8.34. The van der Waals surface area contributed by atoms with Crippen LogP contribution in [0.5, 0.6) is 11.5 Å². The zero-order valence-electron chi connectivity index (χ0n) is 6.75. The first-order valence-electron chi connectivity index (χ1n) is 3.56. The molecule has 0 saturated carbocycles. The van der Waals surface area contributed by atoms with Gasteiger partial charge in [0.15, 0.2) is 11.5 Å². The van der Waals surface area contributed by atoms with Crippen LogP contribution in [0, 0.1) is 0 Å². The Labute approximate surface area is 86.4 Å². The molecule has 0 aromatic heterocycles. The van der Waals surface area contributed by atoms with Gasteiger partial charge in [0, 0.05) is 0 Å². The summed E-state index contributed by atoms with van der Waals surface area (Å²) >= 11 is 2.05. The van der Waals surface area contributed by atoms with E-state index in [4.69, 9.17) is 5.11 Å². The van der Waals surface area contributed by atoms with Crippen LogP contribution < -0.4 is 4.74 Å². The van der Waals surface area contributed by atoms with Crippen molar-refractivity contribution in [1.29, 1.82) is 0 Å². The van der Waals surface area contributed by atoms with E-state index in [1.165, 1.54) is 12.1 Å². The highest BCUT2D eigenvalue weighted by Gasteiger charge is 2.42. The van der Waals surface area contributed by atoms with E-state index < -0.39 is 22.7 Å². The van der Waals surface area contributed by atoms with Crippen LogP contribution >= 0.6 is 15.9 Å². The first-order valence-corrected chi connectivity index (χ1v) is 4.48. The van der Waals surface area contributed by atoms with Crippen LogP contribution in [0.4, 0.5) is 13.2 Å². The highest BCUT2D eigenvalue weighted by molar-refractivity contribution is 9.09. The van der Waals surface area contributed by atoms with Gasteiger partial charge in [-0.1, -0.05) is 12.1 Å². The Morgan fingerprint density at radius 3 is 2.43 bits per heavy atom. The number of hydrogen-bond donors (Lipinski definition) is 1. The number of phenols is 1. The fraction of sp³-hybridized carbons (Fsp3) is 0.250. The van der Waals surface area contributed by atoms with E-state index in [-0.39, 0.29) is 0 Å². The lowest BCUT2D eigenvalue weighted by Gasteiger charge is -2.18. The van der Waals surface area contributed by atoms with Crippen molar-refractivity contribution in [2.45, 2.75) is 11.2 Å². The molecule has 0 fully saturated rings. The van der Waals surface area contributed by atoms with E-state index in [1.807, 2.05) is 0 Å². The van der Waals surface area contributed by atoms with Crippen LogP contribution in [-0.4, -0.2) is 16.3 Å². The maximum absolute atomic E-state index is 12.7. The topological polar surface area (TPSA) is 29.5 Å². The summed E-state index contributed by atoms with van der Waals surface area (Å²) < 4.78 is 41.6. The second-order valence-electron chi connectivity index (χ2n) is 2.43. The molecule has 2 nitrogen and oxygen atoms in total. The maximum Gasteiger partial charge on any atom is 0.440 e. The highest BCUT2D eigenvalue weighted by Crippen LogP contribution is 2.34. The monoisotopic (exact) mass is 270 g/mol. The quantitative estimate of drug-likeness (QED) is 0.856. The van der Waals surface area contributed by atoms with Gasteiger partial charge in [-0.15, -0.1) is 0 Å². The molecular weight excluding hydrogens is 265 g/mol. The van der Waals surface area contributed by atoms with Gasteiger partial charge in [-0.25, -0.2) is 4.39 Å². The number of phenolic OH excluding ortho intramolecular Hbond substituents is 1. The fourth-order valence-electron chi connectivity index (χ4n) is 0.735. The van der Waals surface area contributed by atoms with E-state index in [2.05, 4.69) is 20.7 Å². The lowest BCUT2D eigenvalue weighted by Crippen LogP contribution is -2.32. The van der Waals surface area contributed by atoms with Crippen LogP contribution in [-0.2, 0) is 0 Å². The molecule has 0 aliphatic heterocycles. The maximum atomic E-state index is 12.7. The van der Waals surface area contributed by atoms with Crippen molar-refractivity contribution < 1.29 is 23.0 Å². The Bertz CT molecular complexity index is 317. The summed E-state index contributed by atoms with van der Waals surface area (Å²) in [4.78, 5) is 0. The summed E-state index contributed by atoms with van der Waals surface area (Å²) in [6.07, 6.45) is -4.02. The van der Waals surface area contributed by atoms with Crippen molar-refractivity contribution in [2.75, 3.05) is 0 Å². The summed E-state index contributed by atoms with van der Waals surface area (Å²) in [5.74, 6) is -0.945.